The molecule has 0 fully saturated rings. The van der Waals surface area contributed by atoms with Crippen LogP contribution >= 0.6 is 0 Å². The first-order valence-electron chi connectivity index (χ1n) is 8.77. The van der Waals surface area contributed by atoms with Gasteiger partial charge in [-0.2, -0.15) is 8.78 Å². The van der Waals surface area contributed by atoms with Crippen molar-refractivity contribution in [3.63, 3.8) is 0 Å². The molecule has 1 rings (SSSR count). The number of allylic oxidation sites excluding steroid dienone is 3. The van der Waals surface area contributed by atoms with Crippen molar-refractivity contribution in [2.24, 2.45) is 5.16 Å². The van der Waals surface area contributed by atoms with Crippen LogP contribution in [0.5, 0.6) is 5.75 Å². The lowest BCUT2D eigenvalue weighted by molar-refractivity contribution is 0.0645. The number of oxime groups is 1. The summed E-state index contributed by atoms with van der Waals surface area (Å²) in [6.45, 7) is 12.4. The number of aryl methyl sites for hydroxylation is 2. The maximum absolute atomic E-state index is 12.9. The van der Waals surface area contributed by atoms with E-state index in [9.17, 15) is 8.78 Å². The molecule has 1 aromatic rings. The smallest absolute Gasteiger partial charge is 0.321 e. The Kier molecular flexibility index (Phi) is 8.34. The highest BCUT2D eigenvalue weighted by atomic mass is 19.3. The number of rotatable bonds is 9. The summed E-state index contributed by atoms with van der Waals surface area (Å²) in [6.07, 6.45) is 5.88. The first-order valence-corrected chi connectivity index (χ1v) is 8.77. The van der Waals surface area contributed by atoms with Crippen LogP contribution in [0.25, 0.3) is 0 Å². The minimum atomic E-state index is -3.35. The van der Waals surface area contributed by atoms with Crippen LogP contribution in [0.2, 0.25) is 0 Å². The minimum Gasteiger partial charge on any atom is -0.493 e. The Morgan fingerprint density at radius 3 is 2.37 bits per heavy atom. The van der Waals surface area contributed by atoms with Gasteiger partial charge in [0.2, 0.25) is 0 Å². The summed E-state index contributed by atoms with van der Waals surface area (Å²) < 4.78 is 31.8. The summed E-state index contributed by atoms with van der Waals surface area (Å²) in [5.41, 5.74) is 4.01. The summed E-state index contributed by atoms with van der Waals surface area (Å²) >= 11 is 0. The number of alkyl halides is 2. The Hall–Kier alpha value is -2.50. The van der Waals surface area contributed by atoms with Gasteiger partial charge in [-0.1, -0.05) is 29.5 Å². The molecule has 4 nitrogen and oxygen atoms in total. The fourth-order valence-corrected chi connectivity index (χ4v) is 2.29. The molecule has 1 aromatic carbocycles. The number of nitrogens with zero attached hydrogens (tertiary/aromatic N) is 1. The number of unbranched alkanes of at least 4 members (excludes halogenated alkanes) is 1. The van der Waals surface area contributed by atoms with Gasteiger partial charge in [0.05, 0.1) is 12.3 Å². The molecule has 0 spiro atoms. The molecule has 0 saturated carbocycles. The van der Waals surface area contributed by atoms with E-state index in [-0.39, 0.29) is 0 Å². The van der Waals surface area contributed by atoms with Gasteiger partial charge < -0.3 is 9.57 Å². The van der Waals surface area contributed by atoms with Crippen molar-refractivity contribution in [2.75, 3.05) is 6.61 Å². The second kappa shape index (κ2) is 10.00. The predicted octanol–water partition coefficient (Wildman–Crippen LogP) is 5.97. The van der Waals surface area contributed by atoms with Crippen molar-refractivity contribution in [1.29, 1.82) is 5.41 Å². The number of nitrogens with one attached hydrogen (secondary N) is 1. The lowest BCUT2D eigenvalue weighted by Crippen LogP contribution is -2.24. The average molecular weight is 378 g/mol. The molecule has 0 radical (unpaired) electrons. The molecule has 148 valence electrons. The van der Waals surface area contributed by atoms with Crippen molar-refractivity contribution in [3.05, 3.63) is 53.1 Å². The maximum Gasteiger partial charge on any atom is 0.321 e. The molecule has 6 heteroatoms. The normalized spacial score (nSPS) is 12.3. The van der Waals surface area contributed by atoms with Crippen LogP contribution < -0.4 is 4.74 Å². The van der Waals surface area contributed by atoms with Gasteiger partial charge in [-0.05, 0) is 69.4 Å². The number of halogens is 2. The number of ether oxygens (including phenoxy) is 1. The second-order valence-electron chi connectivity index (χ2n) is 6.66. The predicted molar refractivity (Wildman–Crippen MR) is 106 cm³/mol. The highest BCUT2D eigenvalue weighted by molar-refractivity contribution is 5.99. The fraction of sp³-hybridized carbons (Fsp3) is 0.429. The second-order valence-corrected chi connectivity index (χ2v) is 6.66. The monoisotopic (exact) mass is 378 g/mol. The summed E-state index contributed by atoms with van der Waals surface area (Å²) in [6, 6.07) is 3.72. The standard InChI is InChI=1S/C21H28F2N2O2/c1-14(2)10-8-7-9-11-26-19-15(3)12-18(13-16(19)4)17(5)25-27-20(24)21(6,22)23/h8,10,12-13,24H,1,7,9,11H2,2-6H3/b10-8+,24-20?,25-17+. The Morgan fingerprint density at radius 1 is 1.26 bits per heavy atom. The van der Waals surface area contributed by atoms with Crippen LogP contribution in [-0.2, 0) is 4.84 Å². The van der Waals surface area contributed by atoms with Crippen LogP contribution in [0.15, 0.2) is 41.6 Å². The molecule has 27 heavy (non-hydrogen) atoms. The molecule has 0 bridgehead atoms. The molecule has 0 saturated heterocycles. The lowest BCUT2D eigenvalue weighted by atomic mass is 10.0. The van der Waals surface area contributed by atoms with Crippen LogP contribution in [-0.4, -0.2) is 24.1 Å². The zero-order valence-corrected chi connectivity index (χ0v) is 16.7. The highest BCUT2D eigenvalue weighted by Gasteiger charge is 2.31. The third-order valence-electron chi connectivity index (χ3n) is 3.71. The topological polar surface area (TPSA) is 54.7 Å². The van der Waals surface area contributed by atoms with Crippen LogP contribution in [0, 0.1) is 19.3 Å². The van der Waals surface area contributed by atoms with Crippen LogP contribution in [0.1, 0.15) is 50.3 Å². The summed E-state index contributed by atoms with van der Waals surface area (Å²) in [7, 11) is 0. The molecular weight excluding hydrogens is 350 g/mol. The quantitative estimate of drug-likeness (QED) is 0.189. The molecule has 0 aliphatic rings. The average Bonchev–Trinajstić information content (AvgIpc) is 2.55. The summed E-state index contributed by atoms with van der Waals surface area (Å²) in [4.78, 5) is 4.53. The minimum absolute atomic E-state index is 0.409. The molecule has 0 unspecified atom stereocenters. The van der Waals surface area contributed by atoms with E-state index in [1.165, 1.54) is 0 Å². The van der Waals surface area contributed by atoms with Gasteiger partial charge in [0.25, 0.3) is 5.90 Å². The van der Waals surface area contributed by atoms with Crippen molar-refractivity contribution < 1.29 is 18.4 Å². The van der Waals surface area contributed by atoms with E-state index in [4.69, 9.17) is 10.1 Å². The Morgan fingerprint density at radius 2 is 1.85 bits per heavy atom. The van der Waals surface area contributed by atoms with Gasteiger partial charge >= 0.3 is 5.92 Å². The van der Waals surface area contributed by atoms with Gasteiger partial charge in [0.1, 0.15) is 5.75 Å². The van der Waals surface area contributed by atoms with Crippen LogP contribution in [0.4, 0.5) is 8.78 Å². The molecular formula is C21H28F2N2O2. The molecule has 0 aliphatic heterocycles. The van der Waals surface area contributed by atoms with E-state index in [1.807, 2.05) is 39.0 Å². The fourth-order valence-electron chi connectivity index (χ4n) is 2.29. The molecule has 0 aliphatic carbocycles. The largest absolute Gasteiger partial charge is 0.493 e. The van der Waals surface area contributed by atoms with Gasteiger partial charge in [-0.3, -0.25) is 5.41 Å². The third-order valence-corrected chi connectivity index (χ3v) is 3.71. The Bertz CT molecular complexity index is 724. The van der Waals surface area contributed by atoms with E-state index in [2.05, 4.69) is 22.6 Å². The molecule has 0 amide bonds. The summed E-state index contributed by atoms with van der Waals surface area (Å²) in [5.74, 6) is -3.73. The van der Waals surface area contributed by atoms with Gasteiger partial charge in [0.15, 0.2) is 0 Å². The first kappa shape index (κ1) is 22.5. The zero-order valence-electron chi connectivity index (χ0n) is 16.7. The molecule has 0 heterocycles. The Labute approximate surface area is 160 Å². The SMILES string of the molecule is C=C(C)/C=C/CCCOc1c(C)cc(/C(C)=N/OC(=N)C(C)(F)F)cc1C. The maximum atomic E-state index is 12.9. The van der Waals surface area contributed by atoms with Crippen molar-refractivity contribution in [3.8, 4) is 5.75 Å². The van der Waals surface area contributed by atoms with E-state index in [0.717, 1.165) is 40.9 Å². The number of benzene rings is 1. The van der Waals surface area contributed by atoms with E-state index < -0.39 is 11.8 Å². The third kappa shape index (κ3) is 7.72. The lowest BCUT2D eigenvalue weighted by Gasteiger charge is -2.14. The van der Waals surface area contributed by atoms with Gasteiger partial charge in [0, 0.05) is 6.92 Å². The van der Waals surface area contributed by atoms with Crippen LogP contribution in [0.3, 0.4) is 0 Å². The van der Waals surface area contributed by atoms with E-state index in [0.29, 0.717) is 19.2 Å². The molecule has 0 atom stereocenters. The number of hydrogen-bond donors (Lipinski definition) is 1. The Balaban J connectivity index is 2.74. The van der Waals surface area contributed by atoms with Gasteiger partial charge in [-0.25, -0.2) is 0 Å². The van der Waals surface area contributed by atoms with Gasteiger partial charge in [-0.15, -0.1) is 0 Å². The zero-order chi connectivity index (χ0) is 20.6. The van der Waals surface area contributed by atoms with E-state index >= 15 is 0 Å². The van der Waals surface area contributed by atoms with Crippen molar-refractivity contribution in [2.45, 2.75) is 53.4 Å². The first-order chi connectivity index (χ1) is 12.5. The number of hydrogen-bond acceptors (Lipinski definition) is 4. The van der Waals surface area contributed by atoms with Crippen molar-refractivity contribution in [1.82, 2.24) is 0 Å². The summed E-state index contributed by atoms with van der Waals surface area (Å²) in [5, 5.41) is 10.8. The van der Waals surface area contributed by atoms with Crippen molar-refractivity contribution >= 4 is 11.6 Å². The molecule has 1 N–H and O–H groups in total. The highest BCUT2D eigenvalue weighted by Crippen LogP contribution is 2.25. The van der Waals surface area contributed by atoms with E-state index in [1.54, 1.807) is 6.92 Å². The molecule has 0 aromatic heterocycles.